The van der Waals surface area contributed by atoms with E-state index in [-0.39, 0.29) is 5.91 Å². The minimum Gasteiger partial charge on any atom is -0.388 e. The Morgan fingerprint density at radius 1 is 1.22 bits per heavy atom. The third kappa shape index (κ3) is 4.49. The molecule has 0 saturated heterocycles. The third-order valence-corrected chi connectivity index (χ3v) is 3.42. The van der Waals surface area contributed by atoms with Crippen molar-refractivity contribution in [2.45, 2.75) is 45.6 Å². The highest BCUT2D eigenvalue weighted by atomic mass is 16.3. The number of aryl methyl sites for hydroxylation is 1. The van der Waals surface area contributed by atoms with Gasteiger partial charge < -0.3 is 10.4 Å². The number of rotatable bonds is 6. The fourth-order valence-corrected chi connectivity index (χ4v) is 1.72. The van der Waals surface area contributed by atoms with Crippen molar-refractivity contribution in [3.05, 3.63) is 35.4 Å². The fourth-order valence-electron chi connectivity index (χ4n) is 1.72. The average molecular weight is 249 g/mol. The number of hydrogen-bond donors (Lipinski definition) is 2. The maximum Gasteiger partial charge on any atom is 0.224 e. The second kappa shape index (κ2) is 6.55. The van der Waals surface area contributed by atoms with Crippen LogP contribution in [0.15, 0.2) is 24.3 Å². The van der Waals surface area contributed by atoms with Gasteiger partial charge in [0.25, 0.3) is 0 Å². The zero-order chi connectivity index (χ0) is 13.6. The second-order valence-corrected chi connectivity index (χ2v) is 4.87. The first-order valence-electron chi connectivity index (χ1n) is 6.53. The van der Waals surface area contributed by atoms with E-state index in [4.69, 9.17) is 0 Å². The van der Waals surface area contributed by atoms with Crippen LogP contribution >= 0.6 is 0 Å². The summed E-state index contributed by atoms with van der Waals surface area (Å²) in [4.78, 5) is 11.8. The Kier molecular flexibility index (Phi) is 5.35. The van der Waals surface area contributed by atoms with Crippen LogP contribution in [0.1, 0.15) is 37.8 Å². The average Bonchev–Trinajstić information content (AvgIpc) is 2.39. The molecule has 3 nitrogen and oxygen atoms in total. The topological polar surface area (TPSA) is 49.3 Å². The summed E-state index contributed by atoms with van der Waals surface area (Å²) in [6.07, 6.45) is 1.66. The normalized spacial score (nSPS) is 11.3. The maximum absolute atomic E-state index is 11.8. The summed E-state index contributed by atoms with van der Waals surface area (Å²) < 4.78 is 0. The predicted molar refractivity (Wildman–Crippen MR) is 73.4 cm³/mol. The molecule has 0 spiro atoms. The summed E-state index contributed by atoms with van der Waals surface area (Å²) >= 11 is 0. The molecule has 1 aromatic carbocycles. The molecule has 1 rings (SSSR count). The molecule has 0 heterocycles. The van der Waals surface area contributed by atoms with Crippen LogP contribution in [0.2, 0.25) is 0 Å². The van der Waals surface area contributed by atoms with Gasteiger partial charge in [-0.3, -0.25) is 4.79 Å². The molecule has 1 amide bonds. The number of hydrogen-bond acceptors (Lipinski definition) is 2. The van der Waals surface area contributed by atoms with Crippen molar-refractivity contribution in [1.82, 2.24) is 5.32 Å². The van der Waals surface area contributed by atoms with Crippen molar-refractivity contribution < 1.29 is 9.90 Å². The van der Waals surface area contributed by atoms with Crippen LogP contribution in [0, 0.1) is 6.92 Å². The first-order valence-corrected chi connectivity index (χ1v) is 6.53. The summed E-state index contributed by atoms with van der Waals surface area (Å²) in [5.41, 5.74) is 1.41. The van der Waals surface area contributed by atoms with Gasteiger partial charge in [-0.05, 0) is 25.3 Å². The monoisotopic (exact) mass is 249 g/mol. The highest BCUT2D eigenvalue weighted by Gasteiger charge is 2.22. The highest BCUT2D eigenvalue weighted by molar-refractivity contribution is 5.78. The van der Waals surface area contributed by atoms with Crippen molar-refractivity contribution in [2.75, 3.05) is 6.54 Å². The summed E-state index contributed by atoms with van der Waals surface area (Å²) in [5.74, 6) is -0.0424. The van der Waals surface area contributed by atoms with Crippen molar-refractivity contribution in [3.63, 3.8) is 0 Å². The van der Waals surface area contributed by atoms with Gasteiger partial charge in [0.1, 0.15) is 0 Å². The number of aliphatic hydroxyl groups is 1. The van der Waals surface area contributed by atoms with E-state index in [1.165, 1.54) is 5.56 Å². The van der Waals surface area contributed by atoms with E-state index in [1.807, 2.05) is 45.0 Å². The Morgan fingerprint density at radius 3 is 2.28 bits per heavy atom. The molecule has 0 aliphatic carbocycles. The first kappa shape index (κ1) is 14.7. The van der Waals surface area contributed by atoms with Gasteiger partial charge in [-0.25, -0.2) is 0 Å². The molecule has 0 radical (unpaired) electrons. The minimum absolute atomic E-state index is 0.0424. The molecule has 2 N–H and O–H groups in total. The zero-order valence-corrected chi connectivity index (χ0v) is 11.5. The molecule has 0 saturated carbocycles. The molecule has 3 heteroatoms. The van der Waals surface area contributed by atoms with Crippen molar-refractivity contribution >= 4 is 5.91 Å². The van der Waals surface area contributed by atoms with Gasteiger partial charge in [-0.1, -0.05) is 43.7 Å². The van der Waals surface area contributed by atoms with E-state index in [0.29, 0.717) is 25.8 Å². The maximum atomic E-state index is 11.8. The molecule has 0 unspecified atom stereocenters. The van der Waals surface area contributed by atoms with Crippen molar-refractivity contribution in [3.8, 4) is 0 Å². The second-order valence-electron chi connectivity index (χ2n) is 4.87. The van der Waals surface area contributed by atoms with Gasteiger partial charge in [0.15, 0.2) is 0 Å². The quantitative estimate of drug-likeness (QED) is 0.812. The van der Waals surface area contributed by atoms with Gasteiger partial charge in [0.2, 0.25) is 5.91 Å². The van der Waals surface area contributed by atoms with Gasteiger partial charge in [-0.15, -0.1) is 0 Å². The van der Waals surface area contributed by atoms with Crippen molar-refractivity contribution in [1.29, 1.82) is 0 Å². The highest BCUT2D eigenvalue weighted by Crippen LogP contribution is 2.13. The molecule has 1 aromatic rings. The van der Waals surface area contributed by atoms with E-state index in [1.54, 1.807) is 0 Å². The molecular formula is C15H23NO2. The lowest BCUT2D eigenvalue weighted by Crippen LogP contribution is -2.42. The van der Waals surface area contributed by atoms with E-state index in [2.05, 4.69) is 5.32 Å². The molecule has 0 fully saturated rings. The Balaban J connectivity index is 2.45. The first-order chi connectivity index (χ1) is 8.49. The van der Waals surface area contributed by atoms with E-state index >= 15 is 0 Å². The molecule has 0 bridgehead atoms. The molecular weight excluding hydrogens is 226 g/mol. The van der Waals surface area contributed by atoms with Crippen LogP contribution in [0.5, 0.6) is 0 Å². The summed E-state index contributed by atoms with van der Waals surface area (Å²) in [6.45, 7) is 6.20. The number of amides is 1. The van der Waals surface area contributed by atoms with Crippen LogP contribution in [0.25, 0.3) is 0 Å². The number of carbonyl (C=O) groups excluding carboxylic acids is 1. The Hall–Kier alpha value is -1.35. The molecule has 0 aliphatic heterocycles. The largest absolute Gasteiger partial charge is 0.388 e. The van der Waals surface area contributed by atoms with Crippen molar-refractivity contribution in [2.24, 2.45) is 0 Å². The fraction of sp³-hybridized carbons (Fsp3) is 0.533. The summed E-state index contributed by atoms with van der Waals surface area (Å²) in [7, 11) is 0. The molecule has 0 atom stereocenters. The smallest absolute Gasteiger partial charge is 0.224 e. The van der Waals surface area contributed by atoms with Crippen LogP contribution in [0.3, 0.4) is 0 Å². The summed E-state index contributed by atoms with van der Waals surface area (Å²) in [6, 6.07) is 7.91. The van der Waals surface area contributed by atoms with Gasteiger partial charge in [-0.2, -0.15) is 0 Å². The Labute approximate surface area is 109 Å². The van der Waals surface area contributed by atoms with E-state index in [0.717, 1.165) is 5.56 Å². The number of benzene rings is 1. The van der Waals surface area contributed by atoms with Gasteiger partial charge in [0, 0.05) is 6.54 Å². The van der Waals surface area contributed by atoms with Crippen LogP contribution in [-0.4, -0.2) is 23.2 Å². The molecule has 0 aliphatic rings. The number of nitrogens with one attached hydrogen (secondary N) is 1. The van der Waals surface area contributed by atoms with Gasteiger partial charge >= 0.3 is 0 Å². The number of carbonyl (C=O) groups is 1. The van der Waals surface area contributed by atoms with Crippen LogP contribution in [0.4, 0.5) is 0 Å². The lowest BCUT2D eigenvalue weighted by molar-refractivity contribution is -0.121. The predicted octanol–water partition coefficient (Wildman–Crippen LogP) is 2.20. The lowest BCUT2D eigenvalue weighted by atomic mass is 9.97. The lowest BCUT2D eigenvalue weighted by Gasteiger charge is -2.25. The minimum atomic E-state index is -0.775. The van der Waals surface area contributed by atoms with Crippen LogP contribution < -0.4 is 5.32 Å². The van der Waals surface area contributed by atoms with E-state index in [9.17, 15) is 9.90 Å². The summed E-state index contributed by atoms with van der Waals surface area (Å²) in [5, 5.41) is 12.9. The molecule has 0 aromatic heterocycles. The zero-order valence-electron chi connectivity index (χ0n) is 11.5. The SMILES string of the molecule is CCC(O)(CC)CNC(=O)Cc1ccc(C)cc1. The molecule has 100 valence electrons. The van der Waals surface area contributed by atoms with Crippen LogP contribution in [-0.2, 0) is 11.2 Å². The Morgan fingerprint density at radius 2 is 1.78 bits per heavy atom. The van der Waals surface area contributed by atoms with E-state index < -0.39 is 5.60 Å². The van der Waals surface area contributed by atoms with Gasteiger partial charge in [0.05, 0.1) is 12.0 Å². The molecule has 18 heavy (non-hydrogen) atoms. The Bertz CT molecular complexity index is 380. The third-order valence-electron chi connectivity index (χ3n) is 3.42. The standard InChI is InChI=1S/C15H23NO2/c1-4-15(18,5-2)11-16-14(17)10-13-8-6-12(3)7-9-13/h6-9,18H,4-5,10-11H2,1-3H3,(H,16,17).